The number of carbonyl (C=O) groups is 1. The SMILES string of the molecule is CCN(CCCOc1ccccc1)C(=O)CO. The molecular weight excluding hydrogens is 218 g/mol. The zero-order chi connectivity index (χ0) is 12.5. The van der Waals surface area contributed by atoms with E-state index in [1.54, 1.807) is 4.90 Å². The molecule has 0 fully saturated rings. The number of likely N-dealkylation sites (N-methyl/N-ethyl adjacent to an activating group) is 1. The van der Waals surface area contributed by atoms with Crippen LogP contribution in [0.5, 0.6) is 5.75 Å². The summed E-state index contributed by atoms with van der Waals surface area (Å²) in [5.74, 6) is 0.608. The van der Waals surface area contributed by atoms with Gasteiger partial charge in [0.2, 0.25) is 5.91 Å². The lowest BCUT2D eigenvalue weighted by molar-refractivity contribution is -0.134. The van der Waals surface area contributed by atoms with E-state index < -0.39 is 6.61 Å². The molecule has 0 aromatic heterocycles. The van der Waals surface area contributed by atoms with Gasteiger partial charge in [0, 0.05) is 13.1 Å². The molecule has 0 saturated carbocycles. The normalized spacial score (nSPS) is 10.0. The summed E-state index contributed by atoms with van der Waals surface area (Å²) in [5.41, 5.74) is 0. The maximum atomic E-state index is 11.2. The van der Waals surface area contributed by atoms with Gasteiger partial charge in [-0.25, -0.2) is 0 Å². The molecule has 0 aliphatic rings. The quantitative estimate of drug-likeness (QED) is 0.727. The van der Waals surface area contributed by atoms with Gasteiger partial charge < -0.3 is 14.7 Å². The third-order valence-corrected chi connectivity index (χ3v) is 2.45. The first-order valence-electron chi connectivity index (χ1n) is 5.84. The van der Waals surface area contributed by atoms with Gasteiger partial charge in [-0.15, -0.1) is 0 Å². The van der Waals surface area contributed by atoms with E-state index in [0.717, 1.165) is 12.2 Å². The summed E-state index contributed by atoms with van der Waals surface area (Å²) < 4.78 is 5.51. The Kier molecular flexibility index (Phi) is 6.10. The Labute approximate surface area is 102 Å². The molecule has 4 heteroatoms. The van der Waals surface area contributed by atoms with E-state index in [9.17, 15) is 4.79 Å². The molecule has 1 amide bonds. The second-order valence-corrected chi connectivity index (χ2v) is 3.65. The molecule has 0 heterocycles. The molecule has 17 heavy (non-hydrogen) atoms. The van der Waals surface area contributed by atoms with E-state index in [1.807, 2.05) is 37.3 Å². The molecule has 0 aliphatic heterocycles. The van der Waals surface area contributed by atoms with Gasteiger partial charge in [0.25, 0.3) is 0 Å². The van der Waals surface area contributed by atoms with Crippen LogP contribution in [0, 0.1) is 0 Å². The van der Waals surface area contributed by atoms with E-state index in [2.05, 4.69) is 0 Å². The smallest absolute Gasteiger partial charge is 0.248 e. The number of amides is 1. The number of hydrogen-bond acceptors (Lipinski definition) is 3. The van der Waals surface area contributed by atoms with Crippen molar-refractivity contribution in [2.75, 3.05) is 26.3 Å². The van der Waals surface area contributed by atoms with E-state index >= 15 is 0 Å². The fraction of sp³-hybridized carbons (Fsp3) is 0.462. The van der Waals surface area contributed by atoms with Crippen LogP contribution < -0.4 is 4.74 Å². The largest absolute Gasteiger partial charge is 0.494 e. The van der Waals surface area contributed by atoms with Crippen molar-refractivity contribution in [2.45, 2.75) is 13.3 Å². The fourth-order valence-corrected chi connectivity index (χ4v) is 1.52. The lowest BCUT2D eigenvalue weighted by Crippen LogP contribution is -2.34. The Morgan fingerprint density at radius 2 is 2.06 bits per heavy atom. The molecule has 0 atom stereocenters. The number of nitrogens with zero attached hydrogens (tertiary/aromatic N) is 1. The molecule has 0 unspecified atom stereocenters. The van der Waals surface area contributed by atoms with E-state index in [0.29, 0.717) is 19.7 Å². The van der Waals surface area contributed by atoms with Crippen molar-refractivity contribution in [1.82, 2.24) is 4.90 Å². The van der Waals surface area contributed by atoms with Crippen LogP contribution in [0.15, 0.2) is 30.3 Å². The van der Waals surface area contributed by atoms with Crippen molar-refractivity contribution in [2.24, 2.45) is 0 Å². The summed E-state index contributed by atoms with van der Waals surface area (Å²) in [5, 5.41) is 8.75. The van der Waals surface area contributed by atoms with Crippen LogP contribution in [0.1, 0.15) is 13.3 Å². The average molecular weight is 237 g/mol. The Morgan fingerprint density at radius 1 is 1.35 bits per heavy atom. The Morgan fingerprint density at radius 3 is 2.65 bits per heavy atom. The van der Waals surface area contributed by atoms with Gasteiger partial charge in [-0.05, 0) is 25.5 Å². The highest BCUT2D eigenvalue weighted by molar-refractivity contribution is 5.77. The third-order valence-electron chi connectivity index (χ3n) is 2.45. The molecule has 0 bridgehead atoms. The minimum Gasteiger partial charge on any atom is -0.494 e. The summed E-state index contributed by atoms with van der Waals surface area (Å²) in [6.07, 6.45) is 0.758. The minimum atomic E-state index is -0.423. The molecule has 0 radical (unpaired) electrons. The predicted molar refractivity (Wildman–Crippen MR) is 65.9 cm³/mol. The maximum absolute atomic E-state index is 11.2. The van der Waals surface area contributed by atoms with Gasteiger partial charge in [-0.3, -0.25) is 4.79 Å². The molecule has 0 spiro atoms. The number of aliphatic hydroxyl groups is 1. The first kappa shape index (κ1) is 13.5. The van der Waals surface area contributed by atoms with E-state index in [1.165, 1.54) is 0 Å². The lowest BCUT2D eigenvalue weighted by atomic mass is 10.3. The van der Waals surface area contributed by atoms with Crippen LogP contribution >= 0.6 is 0 Å². The topological polar surface area (TPSA) is 49.8 Å². The van der Waals surface area contributed by atoms with E-state index in [4.69, 9.17) is 9.84 Å². The molecule has 0 aliphatic carbocycles. The highest BCUT2D eigenvalue weighted by Gasteiger charge is 2.08. The second-order valence-electron chi connectivity index (χ2n) is 3.65. The number of hydrogen-bond donors (Lipinski definition) is 1. The van der Waals surface area contributed by atoms with Crippen molar-refractivity contribution in [3.63, 3.8) is 0 Å². The molecule has 0 saturated heterocycles. The number of aliphatic hydroxyl groups excluding tert-OH is 1. The van der Waals surface area contributed by atoms with Crippen LogP contribution in [0.4, 0.5) is 0 Å². The van der Waals surface area contributed by atoms with Crippen molar-refractivity contribution >= 4 is 5.91 Å². The second kappa shape index (κ2) is 7.68. The van der Waals surface area contributed by atoms with E-state index in [-0.39, 0.29) is 5.91 Å². The Balaban J connectivity index is 2.21. The average Bonchev–Trinajstić information content (AvgIpc) is 2.39. The van der Waals surface area contributed by atoms with Crippen molar-refractivity contribution < 1.29 is 14.6 Å². The van der Waals surface area contributed by atoms with Gasteiger partial charge in [-0.2, -0.15) is 0 Å². The zero-order valence-electron chi connectivity index (χ0n) is 10.1. The molecule has 1 N–H and O–H groups in total. The fourth-order valence-electron chi connectivity index (χ4n) is 1.52. The first-order chi connectivity index (χ1) is 8.27. The zero-order valence-corrected chi connectivity index (χ0v) is 10.1. The Hall–Kier alpha value is -1.55. The van der Waals surface area contributed by atoms with Crippen molar-refractivity contribution in [1.29, 1.82) is 0 Å². The van der Waals surface area contributed by atoms with Gasteiger partial charge >= 0.3 is 0 Å². The summed E-state index contributed by atoms with van der Waals surface area (Å²) in [4.78, 5) is 12.9. The lowest BCUT2D eigenvalue weighted by Gasteiger charge is -2.19. The number of carbonyl (C=O) groups excluding carboxylic acids is 1. The van der Waals surface area contributed by atoms with Crippen LogP contribution in [-0.2, 0) is 4.79 Å². The van der Waals surface area contributed by atoms with Gasteiger partial charge in [0.05, 0.1) is 6.61 Å². The van der Waals surface area contributed by atoms with Crippen molar-refractivity contribution in [3.8, 4) is 5.75 Å². The summed E-state index contributed by atoms with van der Waals surface area (Å²) in [6.45, 7) is 3.27. The number of ether oxygens (including phenoxy) is 1. The highest BCUT2D eigenvalue weighted by Crippen LogP contribution is 2.08. The maximum Gasteiger partial charge on any atom is 0.248 e. The van der Waals surface area contributed by atoms with Crippen LogP contribution in [0.25, 0.3) is 0 Å². The summed E-state index contributed by atoms with van der Waals surface area (Å²) in [7, 11) is 0. The van der Waals surface area contributed by atoms with Gasteiger partial charge in [0.15, 0.2) is 0 Å². The molecule has 94 valence electrons. The van der Waals surface area contributed by atoms with Crippen LogP contribution in [0.3, 0.4) is 0 Å². The number of rotatable bonds is 7. The molecule has 1 rings (SSSR count). The minimum absolute atomic E-state index is 0.229. The number of para-hydroxylation sites is 1. The standard InChI is InChI=1S/C13H19NO3/c1-2-14(13(16)11-15)9-6-10-17-12-7-4-3-5-8-12/h3-5,7-8,15H,2,6,9-11H2,1H3. The predicted octanol–water partition coefficient (Wildman–Crippen LogP) is 1.30. The molecular formula is C13H19NO3. The van der Waals surface area contributed by atoms with Crippen LogP contribution in [-0.4, -0.2) is 42.2 Å². The van der Waals surface area contributed by atoms with Gasteiger partial charge in [-0.1, -0.05) is 18.2 Å². The van der Waals surface area contributed by atoms with Crippen molar-refractivity contribution in [3.05, 3.63) is 30.3 Å². The van der Waals surface area contributed by atoms with Crippen LogP contribution in [0.2, 0.25) is 0 Å². The van der Waals surface area contributed by atoms with Gasteiger partial charge in [0.1, 0.15) is 12.4 Å². The summed E-state index contributed by atoms with van der Waals surface area (Å²) in [6, 6.07) is 9.57. The Bertz CT molecular complexity index is 327. The molecule has 1 aromatic carbocycles. The molecule has 1 aromatic rings. The number of benzene rings is 1. The first-order valence-corrected chi connectivity index (χ1v) is 5.84. The third kappa shape index (κ3) is 4.87. The highest BCUT2D eigenvalue weighted by atomic mass is 16.5. The monoisotopic (exact) mass is 237 g/mol. The summed E-state index contributed by atoms with van der Waals surface area (Å²) >= 11 is 0. The molecule has 4 nitrogen and oxygen atoms in total.